The zero-order chi connectivity index (χ0) is 19.6. The largest absolute Gasteiger partial charge is 0.285 e. The smallest absolute Gasteiger partial charge is 0.267 e. The van der Waals surface area contributed by atoms with Gasteiger partial charge in [-0.25, -0.2) is 0 Å². The summed E-state index contributed by atoms with van der Waals surface area (Å²) in [7, 11) is 0. The zero-order valence-corrected chi connectivity index (χ0v) is 15.8. The minimum atomic E-state index is -0.611. The molecule has 27 heavy (non-hydrogen) atoms. The first-order valence-electron chi connectivity index (χ1n) is 7.45. The molecule has 1 saturated heterocycles. The van der Waals surface area contributed by atoms with Gasteiger partial charge in [0, 0.05) is 22.7 Å². The van der Waals surface area contributed by atoms with Gasteiger partial charge >= 0.3 is 0 Å². The molecule has 0 spiro atoms. The lowest BCUT2D eigenvalue weighted by Gasteiger charge is -2.15. The van der Waals surface area contributed by atoms with Gasteiger partial charge < -0.3 is 0 Å². The van der Waals surface area contributed by atoms with Gasteiger partial charge in [0.2, 0.25) is 0 Å². The fourth-order valence-corrected chi connectivity index (χ4v) is 3.56. The molecule has 0 aromatic heterocycles. The summed E-state index contributed by atoms with van der Waals surface area (Å²) < 4.78 is 0.161. The second-order valence-electron chi connectivity index (χ2n) is 5.28. The number of carbonyl (C=O) groups is 2. The highest BCUT2D eigenvalue weighted by molar-refractivity contribution is 8.26. The predicted molar refractivity (Wildman–Crippen MR) is 107 cm³/mol. The highest BCUT2D eigenvalue weighted by Crippen LogP contribution is 2.32. The van der Waals surface area contributed by atoms with Crippen molar-refractivity contribution in [2.45, 2.75) is 0 Å². The number of nitrogens with zero attached hydrogens (tertiary/aromatic N) is 2. The van der Waals surface area contributed by atoms with Gasteiger partial charge in [0.1, 0.15) is 0 Å². The molecule has 0 unspecified atom stereocenters. The van der Waals surface area contributed by atoms with Gasteiger partial charge in [0.05, 0.1) is 9.83 Å². The van der Waals surface area contributed by atoms with E-state index in [0.29, 0.717) is 15.5 Å². The van der Waals surface area contributed by atoms with Crippen LogP contribution in [0.4, 0.5) is 5.69 Å². The molecule has 2 aromatic carbocycles. The lowest BCUT2D eigenvalue weighted by Crippen LogP contribution is -2.44. The molecular formula is C17H10ClN3O4S2. The Kier molecular flexibility index (Phi) is 5.54. The van der Waals surface area contributed by atoms with E-state index in [4.69, 9.17) is 23.8 Å². The minimum Gasteiger partial charge on any atom is -0.267 e. The SMILES string of the molecule is O=C(NN1C(=O)/C(=C/c2ccccc2Cl)SC1=S)c1ccc([N+](=O)[O-])cc1. The Balaban J connectivity index is 1.76. The molecular weight excluding hydrogens is 410 g/mol. The molecule has 10 heteroatoms. The third-order valence-electron chi connectivity index (χ3n) is 3.54. The molecule has 2 amide bonds. The molecule has 136 valence electrons. The predicted octanol–water partition coefficient (Wildman–Crippen LogP) is 3.79. The van der Waals surface area contributed by atoms with E-state index in [1.807, 2.05) is 0 Å². The number of hydrogen-bond donors (Lipinski definition) is 1. The summed E-state index contributed by atoms with van der Waals surface area (Å²) in [6, 6.07) is 12.0. The van der Waals surface area contributed by atoms with E-state index >= 15 is 0 Å². The third-order valence-corrected chi connectivity index (χ3v) is 5.19. The van der Waals surface area contributed by atoms with Crippen LogP contribution in [0.5, 0.6) is 0 Å². The molecule has 0 radical (unpaired) electrons. The van der Waals surface area contributed by atoms with Gasteiger partial charge in [0.15, 0.2) is 4.32 Å². The number of nitro benzene ring substituents is 1. The van der Waals surface area contributed by atoms with Crippen molar-refractivity contribution >= 4 is 63.5 Å². The summed E-state index contributed by atoms with van der Waals surface area (Å²) in [5.41, 5.74) is 3.09. The highest BCUT2D eigenvalue weighted by Gasteiger charge is 2.34. The summed E-state index contributed by atoms with van der Waals surface area (Å²) in [5.74, 6) is -1.10. The Morgan fingerprint density at radius 2 is 1.89 bits per heavy atom. The molecule has 1 heterocycles. The maximum atomic E-state index is 12.5. The van der Waals surface area contributed by atoms with Gasteiger partial charge in [0.25, 0.3) is 17.5 Å². The topological polar surface area (TPSA) is 92.6 Å². The number of hydrazine groups is 1. The normalized spacial score (nSPS) is 15.3. The number of thiocarbonyl (C=S) groups is 1. The van der Waals surface area contributed by atoms with Crippen LogP contribution < -0.4 is 5.43 Å². The van der Waals surface area contributed by atoms with Crippen molar-refractivity contribution in [1.82, 2.24) is 10.4 Å². The van der Waals surface area contributed by atoms with Crippen LogP contribution >= 0.6 is 35.6 Å². The third kappa shape index (κ3) is 4.16. The van der Waals surface area contributed by atoms with Crippen LogP contribution in [0.25, 0.3) is 6.08 Å². The van der Waals surface area contributed by atoms with Crippen molar-refractivity contribution < 1.29 is 14.5 Å². The van der Waals surface area contributed by atoms with Crippen molar-refractivity contribution in [3.63, 3.8) is 0 Å². The van der Waals surface area contributed by atoms with Gasteiger partial charge in [-0.15, -0.1) is 0 Å². The fraction of sp³-hybridized carbons (Fsp3) is 0. The lowest BCUT2D eigenvalue weighted by molar-refractivity contribution is -0.384. The first-order chi connectivity index (χ1) is 12.9. The van der Waals surface area contributed by atoms with E-state index in [-0.39, 0.29) is 15.6 Å². The number of halogens is 1. The van der Waals surface area contributed by atoms with Crippen molar-refractivity contribution in [3.05, 3.63) is 79.7 Å². The molecule has 3 rings (SSSR count). The number of amides is 2. The summed E-state index contributed by atoms with van der Waals surface area (Å²) in [6.45, 7) is 0. The van der Waals surface area contributed by atoms with Gasteiger partial charge in [-0.1, -0.05) is 41.6 Å². The lowest BCUT2D eigenvalue weighted by atomic mass is 10.2. The zero-order valence-electron chi connectivity index (χ0n) is 13.4. The number of nitro groups is 1. The summed E-state index contributed by atoms with van der Waals surface area (Å²) >= 11 is 12.3. The van der Waals surface area contributed by atoms with Crippen LogP contribution in [0.3, 0.4) is 0 Å². The van der Waals surface area contributed by atoms with Crippen molar-refractivity contribution in [1.29, 1.82) is 0 Å². The maximum absolute atomic E-state index is 12.5. The summed E-state index contributed by atoms with van der Waals surface area (Å²) in [5, 5.41) is 12.1. The van der Waals surface area contributed by atoms with Crippen molar-refractivity contribution in [2.24, 2.45) is 0 Å². The Labute approximate surface area is 168 Å². The number of hydrogen-bond acceptors (Lipinski definition) is 6. The van der Waals surface area contributed by atoms with E-state index in [1.165, 1.54) is 24.3 Å². The molecule has 0 bridgehead atoms. The number of nitrogens with one attached hydrogen (secondary N) is 1. The van der Waals surface area contributed by atoms with Crippen molar-refractivity contribution in [3.8, 4) is 0 Å². The molecule has 1 fully saturated rings. The van der Waals surface area contributed by atoms with E-state index in [1.54, 1.807) is 30.3 Å². The van der Waals surface area contributed by atoms with Gasteiger partial charge in [-0.2, -0.15) is 5.01 Å². The second kappa shape index (κ2) is 7.87. The number of benzene rings is 2. The molecule has 1 aliphatic rings. The molecule has 0 saturated carbocycles. The molecule has 2 aromatic rings. The van der Waals surface area contributed by atoms with Gasteiger partial charge in [-0.05, 0) is 42.1 Å². The average molecular weight is 420 g/mol. The number of non-ortho nitro benzene ring substituents is 1. The summed E-state index contributed by atoms with van der Waals surface area (Å²) in [4.78, 5) is 35.3. The van der Waals surface area contributed by atoms with Crippen LogP contribution in [0.2, 0.25) is 5.02 Å². The molecule has 1 aliphatic heterocycles. The highest BCUT2D eigenvalue weighted by atomic mass is 35.5. The average Bonchev–Trinajstić information content (AvgIpc) is 2.91. The monoisotopic (exact) mass is 419 g/mol. The first kappa shape index (κ1) is 19.0. The molecule has 0 atom stereocenters. The van der Waals surface area contributed by atoms with Gasteiger partial charge in [-0.3, -0.25) is 25.1 Å². The summed E-state index contributed by atoms with van der Waals surface area (Å²) in [6.07, 6.45) is 1.60. The Morgan fingerprint density at radius 3 is 2.52 bits per heavy atom. The van der Waals surface area contributed by atoms with Crippen LogP contribution in [0.1, 0.15) is 15.9 Å². The van der Waals surface area contributed by atoms with E-state index in [9.17, 15) is 19.7 Å². The quantitative estimate of drug-likeness (QED) is 0.351. The standard InChI is InChI=1S/C17H10ClN3O4S2/c18-13-4-2-1-3-11(13)9-14-16(23)20(17(26)27-14)19-15(22)10-5-7-12(8-6-10)21(24)25/h1-9H,(H,19,22)/b14-9-. The first-order valence-corrected chi connectivity index (χ1v) is 9.05. The minimum absolute atomic E-state index is 0.139. The van der Waals surface area contributed by atoms with Crippen molar-refractivity contribution in [2.75, 3.05) is 0 Å². The fourth-order valence-electron chi connectivity index (χ4n) is 2.20. The Bertz CT molecular complexity index is 992. The molecule has 7 nitrogen and oxygen atoms in total. The van der Waals surface area contributed by atoms with E-state index in [0.717, 1.165) is 16.8 Å². The Hall–Kier alpha value is -2.75. The van der Waals surface area contributed by atoms with Crippen LogP contribution in [-0.2, 0) is 4.79 Å². The van der Waals surface area contributed by atoms with Crippen LogP contribution in [0, 0.1) is 10.1 Å². The molecule has 0 aliphatic carbocycles. The van der Waals surface area contributed by atoms with E-state index in [2.05, 4.69) is 5.43 Å². The second-order valence-corrected chi connectivity index (χ2v) is 7.37. The number of thioether (sulfide) groups is 1. The van der Waals surface area contributed by atoms with E-state index < -0.39 is 16.7 Å². The molecule has 1 N–H and O–H groups in total. The van der Waals surface area contributed by atoms with Crippen LogP contribution in [0.15, 0.2) is 53.4 Å². The number of carbonyl (C=O) groups excluding carboxylic acids is 2. The number of rotatable bonds is 4. The van der Waals surface area contributed by atoms with Crippen LogP contribution in [-0.4, -0.2) is 26.1 Å². The maximum Gasteiger partial charge on any atom is 0.285 e. The Morgan fingerprint density at radius 1 is 1.22 bits per heavy atom.